The first kappa shape index (κ1) is 17.5. The van der Waals surface area contributed by atoms with Gasteiger partial charge in [-0.2, -0.15) is 5.26 Å². The van der Waals surface area contributed by atoms with E-state index in [0.717, 1.165) is 11.3 Å². The summed E-state index contributed by atoms with van der Waals surface area (Å²) in [6.45, 7) is 2.41. The van der Waals surface area contributed by atoms with Gasteiger partial charge < -0.3 is 10.1 Å². The first-order valence-corrected chi connectivity index (χ1v) is 7.72. The zero-order valence-corrected chi connectivity index (χ0v) is 13.5. The molecule has 0 aliphatic carbocycles. The zero-order chi connectivity index (χ0) is 17.4. The van der Waals surface area contributed by atoms with Crippen LogP contribution in [0, 0.1) is 24.1 Å². The number of nitriles is 1. The molecule has 0 spiro atoms. The van der Waals surface area contributed by atoms with E-state index in [1.165, 1.54) is 24.3 Å². The molecule has 24 heavy (non-hydrogen) atoms. The van der Waals surface area contributed by atoms with Crippen molar-refractivity contribution in [3.8, 4) is 11.8 Å². The Morgan fingerprint density at radius 1 is 1.29 bits per heavy atom. The lowest BCUT2D eigenvalue weighted by molar-refractivity contribution is -0.121. The SMILES string of the molecule is Cc1cccc(OCCCC(=O)N[C@@H](C#N)c2ccc(F)cc2)c1. The standard InChI is InChI=1S/C19H19FN2O2/c1-14-4-2-5-17(12-14)24-11-3-6-19(23)22-18(13-21)15-7-9-16(20)10-8-15/h2,4-5,7-10,12,18H,3,6,11H2,1H3,(H,22,23)/t18-/m0/s1. The summed E-state index contributed by atoms with van der Waals surface area (Å²) in [5.41, 5.74) is 1.67. The number of benzene rings is 2. The fourth-order valence-electron chi connectivity index (χ4n) is 2.21. The number of hydrogen-bond donors (Lipinski definition) is 1. The minimum Gasteiger partial charge on any atom is -0.494 e. The lowest BCUT2D eigenvalue weighted by Gasteiger charge is -2.12. The number of carbonyl (C=O) groups excluding carboxylic acids is 1. The minimum atomic E-state index is -0.782. The fourth-order valence-corrected chi connectivity index (χ4v) is 2.21. The number of nitrogens with zero attached hydrogens (tertiary/aromatic N) is 1. The molecule has 0 saturated carbocycles. The van der Waals surface area contributed by atoms with Crippen LogP contribution in [-0.4, -0.2) is 12.5 Å². The maximum atomic E-state index is 12.9. The van der Waals surface area contributed by atoms with Gasteiger partial charge in [-0.05, 0) is 48.7 Å². The summed E-state index contributed by atoms with van der Waals surface area (Å²) in [5.74, 6) is 0.158. The van der Waals surface area contributed by atoms with Crippen molar-refractivity contribution in [2.75, 3.05) is 6.61 Å². The molecule has 4 nitrogen and oxygen atoms in total. The van der Waals surface area contributed by atoms with E-state index in [4.69, 9.17) is 10.00 Å². The van der Waals surface area contributed by atoms with Crippen LogP contribution in [0.1, 0.15) is 30.0 Å². The van der Waals surface area contributed by atoms with Gasteiger partial charge >= 0.3 is 0 Å². The van der Waals surface area contributed by atoms with E-state index < -0.39 is 6.04 Å². The molecule has 1 atom stereocenters. The van der Waals surface area contributed by atoms with Gasteiger partial charge in [0.2, 0.25) is 5.91 Å². The number of carbonyl (C=O) groups is 1. The molecule has 0 heterocycles. The Morgan fingerprint density at radius 3 is 2.71 bits per heavy atom. The monoisotopic (exact) mass is 326 g/mol. The van der Waals surface area contributed by atoms with Crippen LogP contribution in [0.25, 0.3) is 0 Å². The normalized spacial score (nSPS) is 11.4. The largest absolute Gasteiger partial charge is 0.494 e. The Bertz CT molecular complexity index is 723. The molecule has 0 unspecified atom stereocenters. The van der Waals surface area contributed by atoms with Crippen molar-refractivity contribution in [2.24, 2.45) is 0 Å². The van der Waals surface area contributed by atoms with Crippen LogP contribution in [0.15, 0.2) is 48.5 Å². The lowest BCUT2D eigenvalue weighted by atomic mass is 10.1. The topological polar surface area (TPSA) is 62.1 Å². The first-order chi connectivity index (χ1) is 11.6. The summed E-state index contributed by atoms with van der Waals surface area (Å²) in [7, 11) is 0. The van der Waals surface area contributed by atoms with Gasteiger partial charge in [-0.15, -0.1) is 0 Å². The van der Waals surface area contributed by atoms with E-state index >= 15 is 0 Å². The number of amides is 1. The van der Waals surface area contributed by atoms with Gasteiger partial charge in [0.25, 0.3) is 0 Å². The minimum absolute atomic E-state index is 0.237. The molecular formula is C19H19FN2O2. The van der Waals surface area contributed by atoms with E-state index in [1.807, 2.05) is 37.3 Å². The van der Waals surface area contributed by atoms with Crippen molar-refractivity contribution < 1.29 is 13.9 Å². The predicted molar refractivity (Wildman–Crippen MR) is 88.8 cm³/mol. The quantitative estimate of drug-likeness (QED) is 0.790. The van der Waals surface area contributed by atoms with E-state index in [1.54, 1.807) is 0 Å². The number of hydrogen-bond acceptors (Lipinski definition) is 3. The van der Waals surface area contributed by atoms with E-state index in [9.17, 15) is 9.18 Å². The number of ether oxygens (including phenoxy) is 1. The molecule has 124 valence electrons. The van der Waals surface area contributed by atoms with Gasteiger partial charge in [0, 0.05) is 6.42 Å². The highest BCUT2D eigenvalue weighted by molar-refractivity contribution is 5.76. The van der Waals surface area contributed by atoms with Crippen molar-refractivity contribution in [2.45, 2.75) is 25.8 Å². The average Bonchev–Trinajstić information content (AvgIpc) is 2.57. The number of aryl methyl sites for hydroxylation is 1. The third-order valence-electron chi connectivity index (χ3n) is 3.44. The van der Waals surface area contributed by atoms with Gasteiger partial charge in [-0.1, -0.05) is 24.3 Å². The third-order valence-corrected chi connectivity index (χ3v) is 3.44. The van der Waals surface area contributed by atoms with E-state index in [2.05, 4.69) is 5.32 Å². The fraction of sp³-hybridized carbons (Fsp3) is 0.263. The van der Waals surface area contributed by atoms with Crippen molar-refractivity contribution in [1.29, 1.82) is 5.26 Å². The highest BCUT2D eigenvalue weighted by Gasteiger charge is 2.13. The van der Waals surface area contributed by atoms with Crippen LogP contribution in [-0.2, 0) is 4.79 Å². The lowest BCUT2D eigenvalue weighted by Crippen LogP contribution is -2.27. The van der Waals surface area contributed by atoms with Crippen LogP contribution < -0.4 is 10.1 Å². The molecule has 2 aromatic carbocycles. The summed E-state index contributed by atoms with van der Waals surface area (Å²) in [4.78, 5) is 11.9. The molecule has 1 N–H and O–H groups in total. The second-order valence-electron chi connectivity index (χ2n) is 5.45. The molecule has 0 saturated heterocycles. The second kappa shape index (κ2) is 8.68. The maximum Gasteiger partial charge on any atom is 0.221 e. The van der Waals surface area contributed by atoms with E-state index in [0.29, 0.717) is 18.6 Å². The summed E-state index contributed by atoms with van der Waals surface area (Å²) in [6, 6.07) is 14.4. The molecule has 0 bridgehead atoms. The van der Waals surface area contributed by atoms with E-state index in [-0.39, 0.29) is 18.1 Å². The third kappa shape index (κ3) is 5.40. The Labute approximate surface area is 140 Å². The molecule has 2 aromatic rings. The molecule has 1 amide bonds. The van der Waals surface area contributed by atoms with Crippen molar-refractivity contribution in [1.82, 2.24) is 5.32 Å². The van der Waals surface area contributed by atoms with Crippen molar-refractivity contribution in [3.05, 3.63) is 65.5 Å². The maximum absolute atomic E-state index is 12.9. The molecular weight excluding hydrogens is 307 g/mol. The first-order valence-electron chi connectivity index (χ1n) is 7.72. The highest BCUT2D eigenvalue weighted by atomic mass is 19.1. The highest BCUT2D eigenvalue weighted by Crippen LogP contribution is 2.14. The smallest absolute Gasteiger partial charge is 0.221 e. The number of rotatable bonds is 7. The molecule has 0 fully saturated rings. The molecule has 0 radical (unpaired) electrons. The molecule has 0 aliphatic rings. The van der Waals surface area contributed by atoms with Crippen molar-refractivity contribution >= 4 is 5.91 Å². The van der Waals surface area contributed by atoms with Gasteiger partial charge in [0.15, 0.2) is 0 Å². The van der Waals surface area contributed by atoms with Gasteiger partial charge in [-0.3, -0.25) is 4.79 Å². The summed E-state index contributed by atoms with van der Waals surface area (Å²) in [5, 5.41) is 11.8. The van der Waals surface area contributed by atoms with Crippen LogP contribution in [0.3, 0.4) is 0 Å². The Morgan fingerprint density at radius 2 is 2.04 bits per heavy atom. The summed E-state index contributed by atoms with van der Waals surface area (Å²) in [6.07, 6.45) is 0.798. The molecule has 0 aromatic heterocycles. The number of halogens is 1. The zero-order valence-electron chi connectivity index (χ0n) is 13.5. The summed E-state index contributed by atoms with van der Waals surface area (Å²) < 4.78 is 18.5. The van der Waals surface area contributed by atoms with Crippen LogP contribution >= 0.6 is 0 Å². The van der Waals surface area contributed by atoms with Gasteiger partial charge in [-0.25, -0.2) is 4.39 Å². The van der Waals surface area contributed by atoms with Crippen molar-refractivity contribution in [3.63, 3.8) is 0 Å². The molecule has 0 aliphatic heterocycles. The van der Waals surface area contributed by atoms with Gasteiger partial charge in [0.05, 0.1) is 12.7 Å². The second-order valence-corrected chi connectivity index (χ2v) is 5.45. The van der Waals surface area contributed by atoms with Crippen LogP contribution in [0.5, 0.6) is 5.75 Å². The molecule has 2 rings (SSSR count). The van der Waals surface area contributed by atoms with Crippen LogP contribution in [0.2, 0.25) is 0 Å². The van der Waals surface area contributed by atoms with Gasteiger partial charge in [0.1, 0.15) is 17.6 Å². The Hall–Kier alpha value is -2.87. The Balaban J connectivity index is 1.76. The number of nitrogens with one attached hydrogen (secondary N) is 1. The summed E-state index contributed by atoms with van der Waals surface area (Å²) >= 11 is 0. The predicted octanol–water partition coefficient (Wildman–Crippen LogP) is 3.67. The molecule has 5 heteroatoms. The van der Waals surface area contributed by atoms with Crippen LogP contribution in [0.4, 0.5) is 4.39 Å². The average molecular weight is 326 g/mol. The Kier molecular flexibility index (Phi) is 6.32.